The van der Waals surface area contributed by atoms with Gasteiger partial charge in [-0.15, -0.1) is 0 Å². The Morgan fingerprint density at radius 1 is 1.23 bits per heavy atom. The fourth-order valence-electron chi connectivity index (χ4n) is 2.21. The molecule has 7 heteroatoms. The molecule has 0 aliphatic heterocycles. The van der Waals surface area contributed by atoms with Gasteiger partial charge in [0.25, 0.3) is 0 Å². The number of carbonyl (C=O) groups is 1. The van der Waals surface area contributed by atoms with Gasteiger partial charge in [0.1, 0.15) is 6.16 Å². The molecule has 0 radical (unpaired) electrons. The van der Waals surface area contributed by atoms with Crippen molar-refractivity contribution in [2.24, 2.45) is 0 Å². The van der Waals surface area contributed by atoms with Gasteiger partial charge < -0.3 is 9.79 Å². The molecule has 1 heterocycles. The van der Waals surface area contributed by atoms with E-state index in [0.29, 0.717) is 5.69 Å². The minimum Gasteiger partial charge on any atom is -0.324 e. The maximum Gasteiger partial charge on any atom is 0.333 e. The van der Waals surface area contributed by atoms with E-state index in [-0.39, 0.29) is 11.1 Å². The number of nitrogens with zero attached hydrogens (tertiary/aromatic N) is 2. The number of ketones is 1. The van der Waals surface area contributed by atoms with Gasteiger partial charge >= 0.3 is 7.60 Å². The van der Waals surface area contributed by atoms with Crippen LogP contribution >= 0.6 is 7.60 Å². The first-order chi connectivity index (χ1) is 10.1. The van der Waals surface area contributed by atoms with Crippen molar-refractivity contribution in [1.29, 1.82) is 0 Å². The van der Waals surface area contributed by atoms with Crippen molar-refractivity contribution >= 4 is 13.4 Å². The van der Waals surface area contributed by atoms with Crippen LogP contribution in [0.2, 0.25) is 0 Å². The molecule has 2 N–H and O–H groups in total. The number of Topliss-reactive ketones (excluding diaryl/α,β-unsaturated/α-hetero) is 1. The molecular formula is C15H19N2O4P. The molecule has 0 aliphatic carbocycles. The van der Waals surface area contributed by atoms with Crippen molar-refractivity contribution in [1.82, 2.24) is 9.78 Å². The van der Waals surface area contributed by atoms with E-state index < -0.39 is 19.5 Å². The van der Waals surface area contributed by atoms with Crippen LogP contribution in [0.5, 0.6) is 0 Å². The summed E-state index contributed by atoms with van der Waals surface area (Å²) in [6.45, 7) is 5.84. The maximum atomic E-state index is 12.2. The summed E-state index contributed by atoms with van der Waals surface area (Å²) in [6.07, 6.45) is 0.564. The average molecular weight is 322 g/mol. The summed E-state index contributed by atoms with van der Waals surface area (Å²) in [7, 11) is -4.42. The Balaban J connectivity index is 2.59. The first-order valence-electron chi connectivity index (χ1n) is 6.81. The van der Waals surface area contributed by atoms with Crippen LogP contribution in [-0.2, 0) is 10.1 Å². The minimum atomic E-state index is -4.42. The number of hydrogen-bond acceptors (Lipinski definition) is 3. The first-order valence-corrected chi connectivity index (χ1v) is 8.61. The lowest BCUT2D eigenvalue weighted by molar-refractivity contribution is 0.101. The molecule has 0 amide bonds. The van der Waals surface area contributed by atoms with E-state index >= 15 is 0 Å². The van der Waals surface area contributed by atoms with Crippen LogP contribution in [0, 0.1) is 0 Å². The molecule has 6 nitrogen and oxygen atoms in total. The highest BCUT2D eigenvalue weighted by Crippen LogP contribution is 2.37. The molecule has 2 rings (SSSR count). The van der Waals surface area contributed by atoms with Gasteiger partial charge in [0, 0.05) is 5.56 Å². The third kappa shape index (κ3) is 3.71. The molecule has 118 valence electrons. The second kappa shape index (κ2) is 5.80. The zero-order valence-corrected chi connectivity index (χ0v) is 13.6. The molecule has 1 aromatic carbocycles. The number of aromatic nitrogens is 2. The lowest BCUT2D eigenvalue weighted by Gasteiger charge is -2.23. The first kappa shape index (κ1) is 16.6. The van der Waals surface area contributed by atoms with Gasteiger partial charge in [0.15, 0.2) is 5.78 Å². The summed E-state index contributed by atoms with van der Waals surface area (Å²) in [6, 6.07) is 9.22. The van der Waals surface area contributed by atoms with E-state index in [1.165, 1.54) is 6.20 Å². The smallest absolute Gasteiger partial charge is 0.324 e. The molecule has 0 aliphatic rings. The topological polar surface area (TPSA) is 92.4 Å². The molecule has 2 aromatic rings. The number of rotatable bonds is 4. The fraction of sp³-hybridized carbons (Fsp3) is 0.333. The predicted molar refractivity (Wildman–Crippen MR) is 83.9 cm³/mol. The summed E-state index contributed by atoms with van der Waals surface area (Å²) in [4.78, 5) is 30.3. The lowest BCUT2D eigenvalue weighted by Crippen LogP contribution is -2.24. The van der Waals surface area contributed by atoms with Crippen molar-refractivity contribution in [3.05, 3.63) is 42.1 Å². The van der Waals surface area contributed by atoms with E-state index in [0.717, 1.165) is 5.56 Å². The number of benzene rings is 1. The second-order valence-corrected chi connectivity index (χ2v) is 7.75. The molecule has 1 aromatic heterocycles. The predicted octanol–water partition coefficient (Wildman–Crippen LogP) is 2.67. The van der Waals surface area contributed by atoms with Gasteiger partial charge in [0.05, 0.1) is 23.0 Å². The van der Waals surface area contributed by atoms with Crippen molar-refractivity contribution in [3.8, 4) is 11.3 Å². The van der Waals surface area contributed by atoms with Gasteiger partial charge in [-0.25, -0.2) is 0 Å². The van der Waals surface area contributed by atoms with Crippen LogP contribution in [0.4, 0.5) is 0 Å². The zero-order chi connectivity index (χ0) is 16.5. The molecule has 0 spiro atoms. The summed E-state index contributed by atoms with van der Waals surface area (Å²) >= 11 is 0. The Morgan fingerprint density at radius 2 is 1.82 bits per heavy atom. The Labute approximate surface area is 128 Å². The van der Waals surface area contributed by atoms with E-state index in [4.69, 9.17) is 9.79 Å². The van der Waals surface area contributed by atoms with Crippen LogP contribution < -0.4 is 0 Å². The lowest BCUT2D eigenvalue weighted by atomic mass is 10.0. The number of hydrogen-bond donors (Lipinski definition) is 2. The summed E-state index contributed by atoms with van der Waals surface area (Å²) in [5, 5.41) is 4.26. The van der Waals surface area contributed by atoms with Crippen LogP contribution in [0.25, 0.3) is 11.3 Å². The highest BCUT2D eigenvalue weighted by Gasteiger charge is 2.28. The van der Waals surface area contributed by atoms with E-state index in [1.807, 2.05) is 51.1 Å². The summed E-state index contributed by atoms with van der Waals surface area (Å²) < 4.78 is 12.8. The Bertz CT molecular complexity index is 726. The molecule has 0 unspecified atom stereocenters. The van der Waals surface area contributed by atoms with Crippen molar-refractivity contribution in [3.63, 3.8) is 0 Å². The highest BCUT2D eigenvalue weighted by molar-refractivity contribution is 7.52. The fourth-order valence-corrected chi connectivity index (χ4v) is 2.75. The third-order valence-corrected chi connectivity index (χ3v) is 3.80. The van der Waals surface area contributed by atoms with E-state index in [9.17, 15) is 9.36 Å². The Hall–Kier alpha value is -1.75. The maximum absolute atomic E-state index is 12.2. The second-order valence-electron chi connectivity index (χ2n) is 6.10. The molecule has 22 heavy (non-hydrogen) atoms. The van der Waals surface area contributed by atoms with Crippen molar-refractivity contribution < 1.29 is 19.1 Å². The van der Waals surface area contributed by atoms with E-state index in [2.05, 4.69) is 5.10 Å². The van der Waals surface area contributed by atoms with Crippen LogP contribution in [0.1, 0.15) is 31.1 Å². The van der Waals surface area contributed by atoms with Crippen LogP contribution in [0.15, 0.2) is 36.5 Å². The SMILES string of the molecule is CC(C)(C)n1ncc(C(=O)CP(=O)(O)O)c1-c1ccccc1. The van der Waals surface area contributed by atoms with Gasteiger partial charge in [-0.05, 0) is 20.8 Å². The van der Waals surface area contributed by atoms with E-state index in [1.54, 1.807) is 4.68 Å². The van der Waals surface area contributed by atoms with Crippen LogP contribution in [-0.4, -0.2) is 31.5 Å². The Morgan fingerprint density at radius 3 is 2.32 bits per heavy atom. The molecule has 0 bridgehead atoms. The zero-order valence-electron chi connectivity index (χ0n) is 12.7. The highest BCUT2D eigenvalue weighted by atomic mass is 31.2. The Kier molecular flexibility index (Phi) is 4.38. The molecular weight excluding hydrogens is 303 g/mol. The van der Waals surface area contributed by atoms with Crippen molar-refractivity contribution in [2.75, 3.05) is 6.16 Å². The van der Waals surface area contributed by atoms with Crippen molar-refractivity contribution in [2.45, 2.75) is 26.3 Å². The average Bonchev–Trinajstić information content (AvgIpc) is 2.82. The van der Waals surface area contributed by atoms with Gasteiger partial charge in [-0.1, -0.05) is 30.3 Å². The van der Waals surface area contributed by atoms with Crippen LogP contribution in [0.3, 0.4) is 0 Å². The standard InChI is InChI=1S/C15H19N2O4P/c1-15(2,3)17-14(11-7-5-4-6-8-11)12(9-16-17)13(18)10-22(19,20)21/h4-9H,10H2,1-3H3,(H2,19,20,21). The monoisotopic (exact) mass is 322 g/mol. The van der Waals surface area contributed by atoms with Gasteiger partial charge in [-0.3, -0.25) is 14.0 Å². The molecule has 0 atom stereocenters. The molecule has 0 saturated heterocycles. The minimum absolute atomic E-state index is 0.226. The summed E-state index contributed by atoms with van der Waals surface area (Å²) in [5.41, 5.74) is 1.21. The normalized spacial score (nSPS) is 12.4. The molecule has 0 saturated carbocycles. The summed E-state index contributed by atoms with van der Waals surface area (Å²) in [5.74, 6) is -0.609. The third-order valence-electron chi connectivity index (χ3n) is 3.10. The molecule has 0 fully saturated rings. The van der Waals surface area contributed by atoms with Gasteiger partial charge in [0.2, 0.25) is 0 Å². The number of carbonyl (C=O) groups excluding carboxylic acids is 1. The van der Waals surface area contributed by atoms with Gasteiger partial charge in [-0.2, -0.15) is 5.10 Å². The quantitative estimate of drug-likeness (QED) is 0.667. The largest absolute Gasteiger partial charge is 0.333 e.